The maximum atomic E-state index is 5.18. The molecule has 0 amide bonds. The summed E-state index contributed by atoms with van der Waals surface area (Å²) in [6.07, 6.45) is 0. The highest BCUT2D eigenvalue weighted by Gasteiger charge is 2.11. The lowest BCUT2D eigenvalue weighted by molar-refractivity contribution is 0.0583. The van der Waals surface area contributed by atoms with Gasteiger partial charge in [0.2, 0.25) is 0 Å². The zero-order valence-electron chi connectivity index (χ0n) is 7.70. The Labute approximate surface area is 77.0 Å². The summed E-state index contributed by atoms with van der Waals surface area (Å²) in [7, 11) is 0. The molecule has 0 fully saturated rings. The average molecular weight is 177 g/mol. The van der Waals surface area contributed by atoms with Crippen molar-refractivity contribution in [3.8, 4) is 0 Å². The van der Waals surface area contributed by atoms with E-state index >= 15 is 0 Å². The van der Waals surface area contributed by atoms with Gasteiger partial charge in [-0.2, -0.15) is 0 Å². The van der Waals surface area contributed by atoms with Crippen LogP contribution in [0.15, 0.2) is 23.4 Å². The fourth-order valence-corrected chi connectivity index (χ4v) is 1.43. The van der Waals surface area contributed by atoms with Gasteiger partial charge >= 0.3 is 0 Å². The first-order chi connectivity index (χ1) is 6.25. The largest absolute Gasteiger partial charge is 0.435 e. The number of hydrogen-bond acceptors (Lipinski definition) is 3. The van der Waals surface area contributed by atoms with Crippen molar-refractivity contribution < 1.29 is 9.57 Å². The molecule has 2 rings (SSSR count). The molecule has 0 saturated heterocycles. The minimum atomic E-state index is 0.225. The van der Waals surface area contributed by atoms with Crippen LogP contribution >= 0.6 is 0 Å². The number of ether oxygens (including phenoxy) is 1. The fourth-order valence-electron chi connectivity index (χ4n) is 1.43. The molecule has 1 aromatic rings. The third-order valence-electron chi connectivity index (χ3n) is 1.86. The van der Waals surface area contributed by atoms with Gasteiger partial charge in [0.15, 0.2) is 0 Å². The van der Waals surface area contributed by atoms with Crippen LogP contribution in [0, 0.1) is 13.8 Å². The van der Waals surface area contributed by atoms with Gasteiger partial charge in [-0.25, -0.2) is 0 Å². The molecule has 3 heteroatoms. The maximum absolute atomic E-state index is 5.18. The highest BCUT2D eigenvalue weighted by atomic mass is 16.8. The average Bonchev–Trinajstić information content (AvgIpc) is 2.53. The Morgan fingerprint density at radius 1 is 1.15 bits per heavy atom. The molecular formula is C10H11NO2. The Kier molecular flexibility index (Phi) is 1.93. The Hall–Kier alpha value is -1.51. The van der Waals surface area contributed by atoms with Gasteiger partial charge in [0.1, 0.15) is 0 Å². The summed E-state index contributed by atoms with van der Waals surface area (Å²) in [6, 6.07) is 6.17. The first kappa shape index (κ1) is 8.10. The van der Waals surface area contributed by atoms with Gasteiger partial charge in [0, 0.05) is 5.56 Å². The lowest BCUT2D eigenvalue weighted by Crippen LogP contribution is -2.01. The van der Waals surface area contributed by atoms with Crippen LogP contribution in [-0.2, 0) is 9.57 Å². The lowest BCUT2D eigenvalue weighted by Gasteiger charge is -2.02. The van der Waals surface area contributed by atoms with Gasteiger partial charge in [-0.3, -0.25) is 0 Å². The first-order valence-electron chi connectivity index (χ1n) is 4.17. The minimum absolute atomic E-state index is 0.225. The molecular weight excluding hydrogens is 166 g/mol. The molecule has 0 saturated carbocycles. The van der Waals surface area contributed by atoms with Gasteiger partial charge < -0.3 is 9.57 Å². The van der Waals surface area contributed by atoms with E-state index in [0.29, 0.717) is 5.90 Å². The van der Waals surface area contributed by atoms with Crippen molar-refractivity contribution in [3.05, 3.63) is 34.9 Å². The molecule has 0 N–H and O–H groups in total. The second kappa shape index (κ2) is 3.09. The highest BCUT2D eigenvalue weighted by molar-refractivity contribution is 5.94. The molecule has 0 spiro atoms. The SMILES string of the molecule is Cc1cc(C)cc(C2=NOCO2)c1. The zero-order valence-corrected chi connectivity index (χ0v) is 7.70. The number of hydrogen-bond donors (Lipinski definition) is 0. The highest BCUT2D eigenvalue weighted by Crippen LogP contribution is 2.13. The molecule has 0 bridgehead atoms. The van der Waals surface area contributed by atoms with Crippen LogP contribution in [0.2, 0.25) is 0 Å². The van der Waals surface area contributed by atoms with Gasteiger partial charge in [0.25, 0.3) is 12.7 Å². The molecule has 0 unspecified atom stereocenters. The van der Waals surface area contributed by atoms with E-state index in [4.69, 9.17) is 9.57 Å². The summed E-state index contributed by atoms with van der Waals surface area (Å²) in [6.45, 7) is 4.32. The standard InChI is InChI=1S/C10H11NO2/c1-7-3-8(2)5-9(4-7)10-11-13-6-12-10/h3-5H,6H2,1-2H3. The van der Waals surface area contributed by atoms with E-state index in [2.05, 4.69) is 11.2 Å². The third kappa shape index (κ3) is 1.64. The number of benzene rings is 1. The molecule has 1 aromatic carbocycles. The summed E-state index contributed by atoms with van der Waals surface area (Å²) in [5, 5.41) is 3.78. The lowest BCUT2D eigenvalue weighted by atomic mass is 10.1. The van der Waals surface area contributed by atoms with Gasteiger partial charge in [0.05, 0.1) is 0 Å². The van der Waals surface area contributed by atoms with E-state index in [0.717, 1.165) is 5.56 Å². The summed E-state index contributed by atoms with van der Waals surface area (Å²) >= 11 is 0. The van der Waals surface area contributed by atoms with Crippen molar-refractivity contribution in [2.75, 3.05) is 6.79 Å². The monoisotopic (exact) mass is 177 g/mol. The maximum Gasteiger partial charge on any atom is 0.260 e. The minimum Gasteiger partial charge on any atom is -0.435 e. The Morgan fingerprint density at radius 2 is 1.85 bits per heavy atom. The van der Waals surface area contributed by atoms with Crippen LogP contribution in [0.3, 0.4) is 0 Å². The molecule has 1 aliphatic heterocycles. The summed E-state index contributed by atoms with van der Waals surface area (Å²) < 4.78 is 5.18. The smallest absolute Gasteiger partial charge is 0.260 e. The predicted octanol–water partition coefficient (Wildman–Crippen LogP) is 1.97. The van der Waals surface area contributed by atoms with Crippen LogP contribution in [0.4, 0.5) is 0 Å². The Morgan fingerprint density at radius 3 is 2.38 bits per heavy atom. The van der Waals surface area contributed by atoms with Gasteiger partial charge in [-0.1, -0.05) is 17.2 Å². The van der Waals surface area contributed by atoms with Crippen molar-refractivity contribution in [1.82, 2.24) is 0 Å². The molecule has 0 aliphatic carbocycles. The Balaban J connectivity index is 2.39. The molecule has 0 radical (unpaired) electrons. The van der Waals surface area contributed by atoms with E-state index in [1.54, 1.807) is 0 Å². The number of aryl methyl sites for hydroxylation is 2. The van der Waals surface area contributed by atoms with Crippen molar-refractivity contribution >= 4 is 5.90 Å². The second-order valence-electron chi connectivity index (χ2n) is 3.16. The van der Waals surface area contributed by atoms with E-state index < -0.39 is 0 Å². The fraction of sp³-hybridized carbons (Fsp3) is 0.300. The van der Waals surface area contributed by atoms with Crippen LogP contribution in [0.1, 0.15) is 16.7 Å². The number of nitrogens with zero attached hydrogens (tertiary/aromatic N) is 1. The number of rotatable bonds is 1. The molecule has 68 valence electrons. The molecule has 0 aromatic heterocycles. The second-order valence-corrected chi connectivity index (χ2v) is 3.16. The van der Waals surface area contributed by atoms with E-state index in [-0.39, 0.29) is 6.79 Å². The molecule has 1 aliphatic rings. The summed E-state index contributed by atoms with van der Waals surface area (Å²) in [5.41, 5.74) is 3.39. The summed E-state index contributed by atoms with van der Waals surface area (Å²) in [4.78, 5) is 4.76. The molecule has 0 atom stereocenters. The van der Waals surface area contributed by atoms with Crippen molar-refractivity contribution in [2.24, 2.45) is 5.16 Å². The van der Waals surface area contributed by atoms with Gasteiger partial charge in [-0.15, -0.1) is 0 Å². The summed E-state index contributed by atoms with van der Waals surface area (Å²) in [5.74, 6) is 0.576. The van der Waals surface area contributed by atoms with Gasteiger partial charge in [-0.05, 0) is 31.1 Å². The topological polar surface area (TPSA) is 30.8 Å². The van der Waals surface area contributed by atoms with E-state index in [1.807, 2.05) is 26.0 Å². The predicted molar refractivity (Wildman–Crippen MR) is 49.5 cm³/mol. The van der Waals surface area contributed by atoms with Crippen molar-refractivity contribution in [2.45, 2.75) is 13.8 Å². The van der Waals surface area contributed by atoms with Crippen LogP contribution in [-0.4, -0.2) is 12.7 Å². The van der Waals surface area contributed by atoms with E-state index in [9.17, 15) is 0 Å². The van der Waals surface area contributed by atoms with E-state index in [1.165, 1.54) is 11.1 Å². The third-order valence-corrected chi connectivity index (χ3v) is 1.86. The molecule has 3 nitrogen and oxygen atoms in total. The van der Waals surface area contributed by atoms with Crippen molar-refractivity contribution in [1.29, 1.82) is 0 Å². The quantitative estimate of drug-likeness (QED) is 0.656. The Bertz CT molecular complexity index is 338. The van der Waals surface area contributed by atoms with Crippen LogP contribution < -0.4 is 0 Å². The van der Waals surface area contributed by atoms with Crippen LogP contribution in [0.5, 0.6) is 0 Å². The molecule has 1 heterocycles. The number of oxime groups is 1. The normalized spacial score (nSPS) is 14.8. The molecule has 13 heavy (non-hydrogen) atoms. The van der Waals surface area contributed by atoms with Crippen LogP contribution in [0.25, 0.3) is 0 Å². The first-order valence-corrected chi connectivity index (χ1v) is 4.17. The zero-order chi connectivity index (χ0) is 9.26. The van der Waals surface area contributed by atoms with Crippen molar-refractivity contribution in [3.63, 3.8) is 0 Å².